The van der Waals surface area contributed by atoms with Crippen molar-refractivity contribution in [2.24, 2.45) is 11.8 Å². The summed E-state index contributed by atoms with van der Waals surface area (Å²) in [5, 5.41) is 0.979. The number of allylic oxidation sites excluding steroid dienone is 1. The highest BCUT2D eigenvalue weighted by Gasteiger charge is 2.46. The normalized spacial score (nSPS) is 12.5. The quantitative estimate of drug-likeness (QED) is 0.136. The summed E-state index contributed by atoms with van der Waals surface area (Å²) < 4.78 is 20.5. The summed E-state index contributed by atoms with van der Waals surface area (Å²) in [6, 6.07) is 9.52. The molecule has 9 heteroatoms. The van der Waals surface area contributed by atoms with E-state index in [1.165, 1.54) is 6.08 Å². The van der Waals surface area contributed by atoms with Gasteiger partial charge < -0.3 is 18.9 Å². The number of ether oxygens (including phenoxy) is 4. The zero-order valence-electron chi connectivity index (χ0n) is 20.9. The first-order chi connectivity index (χ1) is 16.1. The van der Waals surface area contributed by atoms with Crippen molar-refractivity contribution in [2.75, 3.05) is 26.4 Å². The Morgan fingerprint density at radius 3 is 1.53 bits per heavy atom. The van der Waals surface area contributed by atoms with Crippen LogP contribution in [0.15, 0.2) is 42.5 Å². The van der Waals surface area contributed by atoms with Crippen LogP contribution in [0.5, 0.6) is 0 Å². The molecule has 1 aromatic carbocycles. The van der Waals surface area contributed by atoms with Crippen LogP contribution in [-0.2, 0) is 38.1 Å². The summed E-state index contributed by atoms with van der Waals surface area (Å²) in [7, 11) is -2.62. The van der Waals surface area contributed by atoms with Crippen molar-refractivity contribution in [2.45, 2.75) is 46.3 Å². The molecule has 0 bridgehead atoms. The van der Waals surface area contributed by atoms with Crippen LogP contribution in [0.2, 0.25) is 18.6 Å². The Morgan fingerprint density at radius 1 is 0.706 bits per heavy atom. The van der Waals surface area contributed by atoms with E-state index in [0.29, 0.717) is 0 Å². The fourth-order valence-electron chi connectivity index (χ4n) is 3.63. The zero-order valence-corrected chi connectivity index (χ0v) is 21.9. The topological polar surface area (TPSA) is 105 Å². The molecule has 1 unspecified atom stereocenters. The molecule has 1 aromatic rings. The molecular formula is C25H36O8Si. The third-order valence-corrected chi connectivity index (χ3v) is 9.40. The van der Waals surface area contributed by atoms with Crippen molar-refractivity contribution < 1.29 is 38.1 Å². The lowest BCUT2D eigenvalue weighted by Crippen LogP contribution is -2.51. The van der Waals surface area contributed by atoms with Crippen LogP contribution in [-0.4, -0.2) is 58.4 Å². The van der Waals surface area contributed by atoms with Gasteiger partial charge in [0.2, 0.25) is 0 Å². The lowest BCUT2D eigenvalue weighted by Gasteiger charge is -2.34. The minimum absolute atomic E-state index is 0.0878. The Labute approximate surface area is 202 Å². The third kappa shape index (κ3) is 7.83. The van der Waals surface area contributed by atoms with Gasteiger partial charge in [0.15, 0.2) is 11.8 Å². The molecule has 0 aliphatic rings. The number of hydrogen-bond acceptors (Lipinski definition) is 8. The lowest BCUT2D eigenvalue weighted by atomic mass is 10.0. The van der Waals surface area contributed by atoms with Gasteiger partial charge in [0, 0.05) is 5.54 Å². The maximum absolute atomic E-state index is 13.0. The minimum atomic E-state index is -2.62. The SMILES string of the molecule is CCOC(=O)C(/C=C/C(C(C(=O)OCC)C(=O)OCC)[Si](C)(C)c1ccccc1)C(=O)OCC. The number of carbonyl (C=O) groups is 4. The number of esters is 4. The summed E-state index contributed by atoms with van der Waals surface area (Å²) in [6.45, 7) is 10.9. The van der Waals surface area contributed by atoms with Crippen LogP contribution in [0, 0.1) is 11.8 Å². The van der Waals surface area contributed by atoms with Crippen molar-refractivity contribution in [3.63, 3.8) is 0 Å². The molecule has 0 aliphatic heterocycles. The van der Waals surface area contributed by atoms with Gasteiger partial charge in [-0.05, 0) is 27.7 Å². The van der Waals surface area contributed by atoms with Gasteiger partial charge in [-0.2, -0.15) is 0 Å². The maximum atomic E-state index is 13.0. The first-order valence-electron chi connectivity index (χ1n) is 11.6. The monoisotopic (exact) mass is 492 g/mol. The molecule has 0 aliphatic carbocycles. The molecule has 34 heavy (non-hydrogen) atoms. The third-order valence-electron chi connectivity index (χ3n) is 5.38. The van der Waals surface area contributed by atoms with Crippen LogP contribution in [0.25, 0.3) is 0 Å². The van der Waals surface area contributed by atoms with Gasteiger partial charge in [0.05, 0.1) is 34.5 Å². The second-order valence-corrected chi connectivity index (χ2v) is 12.6. The van der Waals surface area contributed by atoms with E-state index in [2.05, 4.69) is 0 Å². The van der Waals surface area contributed by atoms with E-state index in [0.717, 1.165) is 5.19 Å². The average Bonchev–Trinajstić information content (AvgIpc) is 2.79. The van der Waals surface area contributed by atoms with E-state index >= 15 is 0 Å². The second-order valence-electron chi connectivity index (χ2n) is 7.96. The van der Waals surface area contributed by atoms with Crippen LogP contribution in [0.3, 0.4) is 0 Å². The fourth-order valence-corrected chi connectivity index (χ4v) is 6.76. The predicted molar refractivity (Wildman–Crippen MR) is 130 cm³/mol. The highest BCUT2D eigenvalue weighted by atomic mass is 28.3. The molecular weight excluding hydrogens is 456 g/mol. The smallest absolute Gasteiger partial charge is 0.324 e. The van der Waals surface area contributed by atoms with E-state index in [1.807, 2.05) is 43.4 Å². The van der Waals surface area contributed by atoms with Gasteiger partial charge in [-0.15, -0.1) is 0 Å². The van der Waals surface area contributed by atoms with Gasteiger partial charge in [-0.25, -0.2) is 0 Å². The van der Waals surface area contributed by atoms with Crippen LogP contribution < -0.4 is 5.19 Å². The molecule has 1 atom stereocenters. The second kappa shape index (κ2) is 14.3. The standard InChI is InChI=1S/C25H36O8Si/c1-7-30-22(26)19(23(27)31-8-2)16-17-20(34(5,6)18-14-12-11-13-15-18)21(24(28)32-9-3)25(29)33-10-4/h11-17,19-21H,7-10H2,1-6H3/b17-16+. The molecule has 0 aromatic heterocycles. The summed E-state index contributed by atoms with van der Waals surface area (Å²) in [6.07, 6.45) is 2.94. The molecule has 0 N–H and O–H groups in total. The minimum Gasteiger partial charge on any atom is -0.465 e. The Morgan fingerprint density at radius 2 is 1.12 bits per heavy atom. The molecule has 0 radical (unpaired) electrons. The fraction of sp³-hybridized carbons (Fsp3) is 0.520. The Kier molecular flexibility index (Phi) is 12.3. The van der Waals surface area contributed by atoms with Crippen molar-refractivity contribution in [1.82, 2.24) is 0 Å². The summed E-state index contributed by atoms with van der Waals surface area (Å²) >= 11 is 0. The van der Waals surface area contributed by atoms with Crippen LogP contribution in [0.4, 0.5) is 0 Å². The first kappa shape index (κ1) is 29.1. The Hall–Kier alpha value is -2.94. The summed E-state index contributed by atoms with van der Waals surface area (Å²) in [5.74, 6) is -5.54. The maximum Gasteiger partial charge on any atom is 0.324 e. The van der Waals surface area contributed by atoms with Crippen molar-refractivity contribution in [1.29, 1.82) is 0 Å². The highest BCUT2D eigenvalue weighted by Crippen LogP contribution is 2.34. The van der Waals surface area contributed by atoms with Gasteiger partial charge in [-0.3, -0.25) is 19.2 Å². The number of carbonyl (C=O) groups excluding carboxylic acids is 4. The molecule has 0 heterocycles. The van der Waals surface area contributed by atoms with Crippen LogP contribution >= 0.6 is 0 Å². The molecule has 0 amide bonds. The highest BCUT2D eigenvalue weighted by molar-refractivity contribution is 6.91. The van der Waals surface area contributed by atoms with Gasteiger partial charge in [0.1, 0.15) is 0 Å². The lowest BCUT2D eigenvalue weighted by molar-refractivity contribution is -0.162. The van der Waals surface area contributed by atoms with Crippen molar-refractivity contribution in [3.05, 3.63) is 42.5 Å². The predicted octanol–water partition coefficient (Wildman–Crippen LogP) is 3.01. The number of benzene rings is 1. The molecule has 188 valence electrons. The molecule has 8 nitrogen and oxygen atoms in total. The first-order valence-corrected chi connectivity index (χ1v) is 14.6. The number of rotatable bonds is 13. The van der Waals surface area contributed by atoms with E-state index in [4.69, 9.17) is 18.9 Å². The molecule has 1 rings (SSSR count). The molecule has 0 saturated heterocycles. The zero-order chi connectivity index (χ0) is 25.7. The molecule has 0 fully saturated rings. The van der Waals surface area contributed by atoms with E-state index in [-0.39, 0.29) is 26.4 Å². The average molecular weight is 493 g/mol. The Balaban J connectivity index is 3.64. The van der Waals surface area contributed by atoms with Gasteiger partial charge >= 0.3 is 23.9 Å². The van der Waals surface area contributed by atoms with Crippen molar-refractivity contribution in [3.8, 4) is 0 Å². The van der Waals surface area contributed by atoms with E-state index < -0.39 is 49.3 Å². The van der Waals surface area contributed by atoms with Gasteiger partial charge in [-0.1, -0.05) is 60.8 Å². The van der Waals surface area contributed by atoms with Gasteiger partial charge in [0.25, 0.3) is 0 Å². The number of hydrogen-bond donors (Lipinski definition) is 0. The molecule has 0 spiro atoms. The summed E-state index contributed by atoms with van der Waals surface area (Å²) in [5.41, 5.74) is -0.681. The summed E-state index contributed by atoms with van der Waals surface area (Å²) in [4.78, 5) is 50.9. The molecule has 0 saturated carbocycles. The van der Waals surface area contributed by atoms with E-state index in [1.54, 1.807) is 33.8 Å². The van der Waals surface area contributed by atoms with Crippen molar-refractivity contribution >= 4 is 37.1 Å². The van der Waals surface area contributed by atoms with Crippen LogP contribution in [0.1, 0.15) is 27.7 Å². The van der Waals surface area contributed by atoms with E-state index in [9.17, 15) is 19.2 Å². The Bertz CT molecular complexity index is 814. The largest absolute Gasteiger partial charge is 0.465 e.